The maximum atomic E-state index is 11.5. The molecule has 0 amide bonds. The molecule has 24 heavy (non-hydrogen) atoms. The van der Waals surface area contributed by atoms with Crippen molar-refractivity contribution in [3.8, 4) is 6.07 Å². The molecule has 5 heteroatoms. The fourth-order valence-corrected chi connectivity index (χ4v) is 3.47. The largest absolute Gasteiger partial charge is 0.329 e. The zero-order valence-corrected chi connectivity index (χ0v) is 14.7. The molecular formula is C19H24N4O. The van der Waals surface area contributed by atoms with Gasteiger partial charge < -0.3 is 4.57 Å². The fourth-order valence-electron chi connectivity index (χ4n) is 3.47. The Kier molecular flexibility index (Phi) is 4.40. The average Bonchev–Trinajstić information content (AvgIpc) is 2.85. The third-order valence-corrected chi connectivity index (χ3v) is 4.61. The van der Waals surface area contributed by atoms with Crippen LogP contribution in [0.2, 0.25) is 0 Å². The molecule has 1 aliphatic rings. The van der Waals surface area contributed by atoms with Gasteiger partial charge in [0.25, 0.3) is 0 Å². The lowest BCUT2D eigenvalue weighted by molar-refractivity contribution is -0.121. The number of hydrogen-bond donors (Lipinski definition) is 0. The van der Waals surface area contributed by atoms with Crippen LogP contribution in [0, 0.1) is 22.7 Å². The van der Waals surface area contributed by atoms with E-state index in [9.17, 15) is 4.79 Å². The number of ketones is 1. The molecule has 1 aliphatic carbocycles. The van der Waals surface area contributed by atoms with Gasteiger partial charge in [0.1, 0.15) is 17.5 Å². The van der Waals surface area contributed by atoms with Gasteiger partial charge in [-0.05, 0) is 36.7 Å². The van der Waals surface area contributed by atoms with E-state index in [1.807, 2.05) is 6.07 Å². The summed E-state index contributed by atoms with van der Waals surface area (Å²) in [5.41, 5.74) is 2.20. The van der Waals surface area contributed by atoms with E-state index in [1.165, 1.54) is 5.69 Å². The van der Waals surface area contributed by atoms with Crippen molar-refractivity contribution in [3.05, 3.63) is 23.8 Å². The van der Waals surface area contributed by atoms with Crippen LogP contribution in [0.1, 0.15) is 58.0 Å². The number of nitriles is 1. The highest BCUT2D eigenvalue weighted by molar-refractivity contribution is 5.79. The third-order valence-electron chi connectivity index (χ3n) is 4.61. The molecule has 0 N–H and O–H groups in total. The molecule has 2 aromatic heterocycles. The number of rotatable bonds is 3. The Labute approximate surface area is 142 Å². The summed E-state index contributed by atoms with van der Waals surface area (Å²) in [6.07, 6.45) is 6.08. The van der Waals surface area contributed by atoms with Gasteiger partial charge in [0.15, 0.2) is 0 Å². The Balaban J connectivity index is 1.97. The van der Waals surface area contributed by atoms with E-state index in [0.29, 0.717) is 24.5 Å². The summed E-state index contributed by atoms with van der Waals surface area (Å²) in [6.45, 7) is 7.45. The van der Waals surface area contributed by atoms with Crippen molar-refractivity contribution in [1.82, 2.24) is 14.5 Å². The van der Waals surface area contributed by atoms with Crippen LogP contribution in [-0.2, 0) is 17.8 Å². The highest BCUT2D eigenvalue weighted by atomic mass is 16.1. The van der Waals surface area contributed by atoms with Crippen LogP contribution in [0.5, 0.6) is 0 Å². The topological polar surface area (TPSA) is 71.6 Å². The summed E-state index contributed by atoms with van der Waals surface area (Å²) in [7, 11) is 0. The molecule has 0 radical (unpaired) electrons. The molecule has 3 rings (SSSR count). The molecule has 1 fully saturated rings. The molecule has 1 saturated carbocycles. The zero-order valence-electron chi connectivity index (χ0n) is 14.7. The van der Waals surface area contributed by atoms with Crippen LogP contribution >= 0.6 is 0 Å². The smallest absolute Gasteiger partial charge is 0.234 e. The molecule has 2 heterocycles. The van der Waals surface area contributed by atoms with Gasteiger partial charge in [0, 0.05) is 36.7 Å². The summed E-state index contributed by atoms with van der Waals surface area (Å²) in [5.74, 6) is 1.16. The fraction of sp³-hybridized carbons (Fsp3) is 0.579. The molecular weight excluding hydrogens is 300 g/mol. The lowest BCUT2D eigenvalue weighted by Gasteiger charge is -2.25. The number of Topliss-reactive ketones (excluding diaryl/α,β-unsaturated/α-hetero) is 1. The molecule has 0 saturated heterocycles. The standard InChI is InChI=1S/C19H24N4O/c1-19(2,3)12-23-15(8-13-4-6-16(24)7-5-13)9-14-11-21-17(10-20)22-18(14)23/h9,11,13H,4-8,12H2,1-3H3. The number of aromatic nitrogens is 3. The van der Waals surface area contributed by atoms with E-state index in [-0.39, 0.29) is 11.2 Å². The first-order valence-electron chi connectivity index (χ1n) is 8.63. The number of fused-ring (bicyclic) bond motifs is 1. The lowest BCUT2D eigenvalue weighted by atomic mass is 9.85. The lowest BCUT2D eigenvalue weighted by Crippen LogP contribution is -2.21. The van der Waals surface area contributed by atoms with Crippen molar-refractivity contribution in [2.45, 2.75) is 59.4 Å². The monoisotopic (exact) mass is 324 g/mol. The van der Waals surface area contributed by atoms with Gasteiger partial charge in [-0.25, -0.2) is 9.97 Å². The van der Waals surface area contributed by atoms with E-state index in [4.69, 9.17) is 5.26 Å². The van der Waals surface area contributed by atoms with Crippen molar-refractivity contribution in [1.29, 1.82) is 5.26 Å². The van der Waals surface area contributed by atoms with E-state index in [2.05, 4.69) is 41.4 Å². The second-order valence-electron chi connectivity index (χ2n) is 8.05. The SMILES string of the molecule is CC(C)(C)Cn1c(CC2CCC(=O)CC2)cc2cnc(C#N)nc21. The molecule has 0 aliphatic heterocycles. The minimum Gasteiger partial charge on any atom is -0.329 e. The molecule has 0 atom stereocenters. The van der Waals surface area contributed by atoms with E-state index in [1.54, 1.807) is 6.20 Å². The minimum absolute atomic E-state index is 0.112. The predicted octanol–water partition coefficient (Wildman–Crippen LogP) is 3.65. The summed E-state index contributed by atoms with van der Waals surface area (Å²) in [5, 5.41) is 10.1. The van der Waals surface area contributed by atoms with Crippen molar-refractivity contribution in [2.24, 2.45) is 11.3 Å². The third kappa shape index (κ3) is 3.64. The quantitative estimate of drug-likeness (QED) is 0.864. The van der Waals surface area contributed by atoms with Crippen molar-refractivity contribution >= 4 is 16.8 Å². The normalized spacial score (nSPS) is 16.5. The van der Waals surface area contributed by atoms with Gasteiger partial charge >= 0.3 is 0 Å². The van der Waals surface area contributed by atoms with Crippen LogP contribution in [0.4, 0.5) is 0 Å². The van der Waals surface area contributed by atoms with Gasteiger partial charge in [0.05, 0.1) is 0 Å². The van der Waals surface area contributed by atoms with Gasteiger partial charge in [-0.15, -0.1) is 0 Å². The zero-order chi connectivity index (χ0) is 17.3. The van der Waals surface area contributed by atoms with Gasteiger partial charge in [-0.2, -0.15) is 5.26 Å². The molecule has 0 aromatic carbocycles. The Morgan fingerprint density at radius 1 is 1.33 bits per heavy atom. The Morgan fingerprint density at radius 3 is 2.67 bits per heavy atom. The summed E-state index contributed by atoms with van der Waals surface area (Å²) in [6, 6.07) is 4.18. The molecule has 0 unspecified atom stereocenters. The Bertz CT molecular complexity index is 797. The second kappa shape index (κ2) is 6.35. The van der Waals surface area contributed by atoms with E-state index >= 15 is 0 Å². The van der Waals surface area contributed by atoms with Crippen LogP contribution in [0.3, 0.4) is 0 Å². The number of nitrogens with zero attached hydrogens (tertiary/aromatic N) is 4. The maximum absolute atomic E-state index is 11.5. The molecule has 0 bridgehead atoms. The highest BCUT2D eigenvalue weighted by Crippen LogP contribution is 2.29. The first-order valence-corrected chi connectivity index (χ1v) is 8.63. The van der Waals surface area contributed by atoms with Gasteiger partial charge in [-0.1, -0.05) is 20.8 Å². The minimum atomic E-state index is 0.112. The predicted molar refractivity (Wildman–Crippen MR) is 92.4 cm³/mol. The van der Waals surface area contributed by atoms with Crippen molar-refractivity contribution in [2.75, 3.05) is 0 Å². The molecule has 0 spiro atoms. The van der Waals surface area contributed by atoms with Crippen molar-refractivity contribution < 1.29 is 4.79 Å². The molecule has 126 valence electrons. The van der Waals surface area contributed by atoms with Gasteiger partial charge in [0.2, 0.25) is 5.82 Å². The first-order chi connectivity index (χ1) is 11.4. The second-order valence-corrected chi connectivity index (χ2v) is 8.05. The summed E-state index contributed by atoms with van der Waals surface area (Å²) in [4.78, 5) is 20.0. The van der Waals surface area contributed by atoms with E-state index < -0.39 is 0 Å². The number of hydrogen-bond acceptors (Lipinski definition) is 4. The highest BCUT2D eigenvalue weighted by Gasteiger charge is 2.23. The van der Waals surface area contributed by atoms with Crippen molar-refractivity contribution in [3.63, 3.8) is 0 Å². The molecule has 2 aromatic rings. The van der Waals surface area contributed by atoms with Crippen LogP contribution in [0.15, 0.2) is 12.3 Å². The first kappa shape index (κ1) is 16.6. The van der Waals surface area contributed by atoms with E-state index in [0.717, 1.165) is 36.8 Å². The number of carbonyl (C=O) groups is 1. The molecule has 5 nitrogen and oxygen atoms in total. The summed E-state index contributed by atoms with van der Waals surface area (Å²) < 4.78 is 2.24. The van der Waals surface area contributed by atoms with Crippen LogP contribution in [-0.4, -0.2) is 20.3 Å². The Morgan fingerprint density at radius 2 is 2.04 bits per heavy atom. The van der Waals surface area contributed by atoms with Crippen LogP contribution in [0.25, 0.3) is 11.0 Å². The Hall–Kier alpha value is -2.22. The summed E-state index contributed by atoms with van der Waals surface area (Å²) >= 11 is 0. The van der Waals surface area contributed by atoms with Gasteiger partial charge in [-0.3, -0.25) is 4.79 Å². The average molecular weight is 324 g/mol. The van der Waals surface area contributed by atoms with Crippen LogP contribution < -0.4 is 0 Å². The maximum Gasteiger partial charge on any atom is 0.234 e. The number of carbonyl (C=O) groups excluding carboxylic acids is 1.